The minimum Gasteiger partial charge on any atom is -0.300 e. The van der Waals surface area contributed by atoms with Crippen molar-refractivity contribution in [1.82, 2.24) is 24.5 Å². The Labute approximate surface area is 171 Å². The lowest BCUT2D eigenvalue weighted by molar-refractivity contribution is 0.272. The van der Waals surface area contributed by atoms with E-state index in [1.807, 2.05) is 23.7 Å². The van der Waals surface area contributed by atoms with Crippen LogP contribution in [-0.4, -0.2) is 43.6 Å². The highest BCUT2D eigenvalue weighted by Crippen LogP contribution is 2.25. The van der Waals surface area contributed by atoms with E-state index in [-0.39, 0.29) is 0 Å². The van der Waals surface area contributed by atoms with Crippen molar-refractivity contribution in [3.05, 3.63) is 59.5 Å². The van der Waals surface area contributed by atoms with Crippen LogP contribution in [0.2, 0.25) is 0 Å². The van der Waals surface area contributed by atoms with E-state index in [1.165, 1.54) is 30.3 Å². The molecule has 0 spiro atoms. The molecule has 1 fully saturated rings. The Balaban J connectivity index is 1.43. The third-order valence-corrected chi connectivity index (χ3v) is 6.25. The summed E-state index contributed by atoms with van der Waals surface area (Å²) in [4.78, 5) is 12.1. The molecule has 1 aliphatic rings. The molecule has 0 radical (unpaired) electrons. The highest BCUT2D eigenvalue weighted by molar-refractivity contribution is 5.82. The van der Waals surface area contributed by atoms with E-state index in [1.54, 1.807) is 0 Å². The maximum Gasteiger partial charge on any atom is 0.155 e. The van der Waals surface area contributed by atoms with Crippen LogP contribution in [0, 0.1) is 13.8 Å². The molecule has 1 unspecified atom stereocenters. The standard InChI is InChI=1S/C24H27N5/c1-16-13-24-25-15-21(18(3)29(24)27-16)23-9-7-20-14-19(6-8-22(20)26-23)10-12-28-11-4-5-17(28)2/h6-9,13-15,17H,4-5,10-12H2,1-3H3. The monoisotopic (exact) mass is 385 g/mol. The fraction of sp³-hybridized carbons (Fsp3) is 0.375. The van der Waals surface area contributed by atoms with Gasteiger partial charge >= 0.3 is 0 Å². The predicted octanol–water partition coefficient (Wildman–Crippen LogP) is 4.59. The zero-order chi connectivity index (χ0) is 20.0. The number of aromatic nitrogens is 4. The second-order valence-electron chi connectivity index (χ2n) is 8.31. The number of aryl methyl sites for hydroxylation is 2. The number of likely N-dealkylation sites (tertiary alicyclic amines) is 1. The highest BCUT2D eigenvalue weighted by Gasteiger charge is 2.19. The fourth-order valence-electron chi connectivity index (χ4n) is 4.49. The van der Waals surface area contributed by atoms with Gasteiger partial charge in [-0.05, 0) is 70.3 Å². The molecule has 1 aromatic carbocycles. The molecule has 0 amide bonds. The van der Waals surface area contributed by atoms with Crippen molar-refractivity contribution in [3.8, 4) is 11.3 Å². The molecule has 0 N–H and O–H groups in total. The van der Waals surface area contributed by atoms with Gasteiger partial charge in [0.05, 0.1) is 22.6 Å². The van der Waals surface area contributed by atoms with Crippen LogP contribution in [0.1, 0.15) is 36.7 Å². The number of rotatable bonds is 4. The van der Waals surface area contributed by atoms with E-state index in [2.05, 4.69) is 59.2 Å². The molecular weight excluding hydrogens is 358 g/mol. The van der Waals surface area contributed by atoms with Gasteiger partial charge in [0, 0.05) is 35.8 Å². The van der Waals surface area contributed by atoms with Crippen molar-refractivity contribution in [2.75, 3.05) is 13.1 Å². The number of pyridine rings is 1. The fourth-order valence-corrected chi connectivity index (χ4v) is 4.49. The zero-order valence-electron chi connectivity index (χ0n) is 17.4. The van der Waals surface area contributed by atoms with Gasteiger partial charge in [-0.1, -0.05) is 12.1 Å². The summed E-state index contributed by atoms with van der Waals surface area (Å²) < 4.78 is 1.90. The molecule has 29 heavy (non-hydrogen) atoms. The number of hydrogen-bond donors (Lipinski definition) is 0. The maximum atomic E-state index is 4.92. The lowest BCUT2D eigenvalue weighted by Gasteiger charge is -2.20. The Morgan fingerprint density at radius 3 is 2.83 bits per heavy atom. The van der Waals surface area contributed by atoms with Crippen LogP contribution in [0.3, 0.4) is 0 Å². The first-order chi connectivity index (χ1) is 14.1. The molecular formula is C24H27N5. The van der Waals surface area contributed by atoms with E-state index in [9.17, 15) is 0 Å². The molecule has 0 aliphatic carbocycles. The molecule has 3 aromatic heterocycles. The van der Waals surface area contributed by atoms with Crippen molar-refractivity contribution in [2.45, 2.75) is 46.1 Å². The SMILES string of the molecule is Cc1cc2ncc(-c3ccc4cc(CCN5CCCC5C)ccc4n3)c(C)n2n1. The van der Waals surface area contributed by atoms with Gasteiger partial charge in [-0.25, -0.2) is 14.5 Å². The Morgan fingerprint density at radius 1 is 1.10 bits per heavy atom. The van der Waals surface area contributed by atoms with Gasteiger partial charge in [0.1, 0.15) is 0 Å². The third kappa shape index (κ3) is 3.40. The zero-order valence-corrected chi connectivity index (χ0v) is 17.4. The van der Waals surface area contributed by atoms with Gasteiger partial charge in [-0.2, -0.15) is 5.10 Å². The quantitative estimate of drug-likeness (QED) is 0.515. The molecule has 4 aromatic rings. The number of hydrogen-bond acceptors (Lipinski definition) is 4. The van der Waals surface area contributed by atoms with Crippen LogP contribution in [0.5, 0.6) is 0 Å². The van der Waals surface area contributed by atoms with Gasteiger partial charge < -0.3 is 4.90 Å². The molecule has 4 heterocycles. The summed E-state index contributed by atoms with van der Waals surface area (Å²) in [6.07, 6.45) is 5.68. The van der Waals surface area contributed by atoms with Crippen molar-refractivity contribution >= 4 is 16.6 Å². The maximum absolute atomic E-state index is 4.92. The minimum atomic E-state index is 0.729. The summed E-state index contributed by atoms with van der Waals surface area (Å²) >= 11 is 0. The first kappa shape index (κ1) is 18.3. The molecule has 5 rings (SSSR count). The van der Waals surface area contributed by atoms with E-state index in [0.717, 1.165) is 52.8 Å². The van der Waals surface area contributed by atoms with Gasteiger partial charge in [-0.3, -0.25) is 0 Å². The van der Waals surface area contributed by atoms with Crippen LogP contribution >= 0.6 is 0 Å². The molecule has 148 valence electrons. The Kier molecular flexibility index (Phi) is 4.55. The lowest BCUT2D eigenvalue weighted by atomic mass is 10.1. The summed E-state index contributed by atoms with van der Waals surface area (Å²) in [5, 5.41) is 5.75. The Hall–Kier alpha value is -2.79. The molecule has 5 heteroatoms. The number of nitrogens with zero attached hydrogens (tertiary/aromatic N) is 5. The van der Waals surface area contributed by atoms with Crippen LogP contribution in [0.15, 0.2) is 42.6 Å². The summed E-state index contributed by atoms with van der Waals surface area (Å²) in [7, 11) is 0. The summed E-state index contributed by atoms with van der Waals surface area (Å²) in [5.74, 6) is 0. The van der Waals surface area contributed by atoms with Crippen LogP contribution in [0.4, 0.5) is 0 Å². The molecule has 0 saturated carbocycles. The van der Waals surface area contributed by atoms with E-state index in [0.29, 0.717) is 0 Å². The second kappa shape index (κ2) is 7.23. The molecule has 1 atom stereocenters. The average Bonchev–Trinajstić information content (AvgIpc) is 3.31. The summed E-state index contributed by atoms with van der Waals surface area (Å²) in [6.45, 7) is 8.80. The number of benzene rings is 1. The van der Waals surface area contributed by atoms with Gasteiger partial charge in [0.25, 0.3) is 0 Å². The first-order valence-electron chi connectivity index (χ1n) is 10.5. The predicted molar refractivity (Wildman–Crippen MR) is 117 cm³/mol. The smallest absolute Gasteiger partial charge is 0.155 e. The third-order valence-electron chi connectivity index (χ3n) is 6.25. The van der Waals surface area contributed by atoms with Crippen molar-refractivity contribution in [3.63, 3.8) is 0 Å². The van der Waals surface area contributed by atoms with E-state index in [4.69, 9.17) is 4.98 Å². The van der Waals surface area contributed by atoms with E-state index >= 15 is 0 Å². The molecule has 0 bridgehead atoms. The molecule has 1 aliphatic heterocycles. The van der Waals surface area contributed by atoms with Crippen LogP contribution in [0.25, 0.3) is 27.8 Å². The Morgan fingerprint density at radius 2 is 2.00 bits per heavy atom. The summed E-state index contributed by atoms with van der Waals surface area (Å²) in [6, 6.07) is 13.7. The first-order valence-corrected chi connectivity index (χ1v) is 10.5. The number of fused-ring (bicyclic) bond motifs is 2. The van der Waals surface area contributed by atoms with Gasteiger partial charge in [-0.15, -0.1) is 0 Å². The van der Waals surface area contributed by atoms with Crippen LogP contribution < -0.4 is 0 Å². The van der Waals surface area contributed by atoms with Crippen LogP contribution in [-0.2, 0) is 6.42 Å². The topological polar surface area (TPSA) is 46.3 Å². The summed E-state index contributed by atoms with van der Waals surface area (Å²) in [5.41, 5.74) is 7.29. The van der Waals surface area contributed by atoms with Crippen molar-refractivity contribution in [2.24, 2.45) is 0 Å². The normalized spacial score (nSPS) is 17.6. The molecule has 5 nitrogen and oxygen atoms in total. The van der Waals surface area contributed by atoms with Crippen molar-refractivity contribution < 1.29 is 0 Å². The highest BCUT2D eigenvalue weighted by atomic mass is 15.3. The molecule has 1 saturated heterocycles. The van der Waals surface area contributed by atoms with Gasteiger partial charge in [0.2, 0.25) is 0 Å². The average molecular weight is 386 g/mol. The second-order valence-corrected chi connectivity index (χ2v) is 8.31. The minimum absolute atomic E-state index is 0.729. The van der Waals surface area contributed by atoms with Crippen molar-refractivity contribution in [1.29, 1.82) is 0 Å². The van der Waals surface area contributed by atoms with Gasteiger partial charge in [0.15, 0.2) is 5.65 Å². The van der Waals surface area contributed by atoms with E-state index < -0.39 is 0 Å². The Bertz CT molecular complexity index is 1190. The lowest BCUT2D eigenvalue weighted by Crippen LogP contribution is -2.28. The largest absolute Gasteiger partial charge is 0.300 e.